The molecule has 0 bridgehead atoms. The van der Waals surface area contributed by atoms with Gasteiger partial charge >= 0.3 is 5.97 Å². The molecule has 0 spiro atoms. The Morgan fingerprint density at radius 2 is 2.11 bits per heavy atom. The highest BCUT2D eigenvalue weighted by molar-refractivity contribution is 5.97. The zero-order chi connectivity index (χ0) is 14.7. The predicted molar refractivity (Wildman–Crippen MR) is 70.8 cm³/mol. The van der Waals surface area contributed by atoms with E-state index in [0.717, 1.165) is 0 Å². The van der Waals surface area contributed by atoms with Gasteiger partial charge in [-0.1, -0.05) is 13.8 Å². The van der Waals surface area contributed by atoms with Crippen molar-refractivity contribution in [2.45, 2.75) is 27.2 Å². The van der Waals surface area contributed by atoms with Gasteiger partial charge in [-0.3, -0.25) is 9.59 Å². The Balaban J connectivity index is 4.09. The average molecular weight is 267 g/mol. The first-order valence-corrected chi connectivity index (χ1v) is 6.28. The third-order valence-corrected chi connectivity index (χ3v) is 2.06. The molecule has 0 saturated heterocycles. The van der Waals surface area contributed by atoms with Crippen molar-refractivity contribution in [3.05, 3.63) is 11.8 Å². The van der Waals surface area contributed by atoms with Gasteiger partial charge < -0.3 is 15.4 Å². The van der Waals surface area contributed by atoms with Crippen molar-refractivity contribution < 1.29 is 14.3 Å². The van der Waals surface area contributed by atoms with E-state index >= 15 is 0 Å². The molecule has 0 aliphatic carbocycles. The lowest BCUT2D eigenvalue weighted by Gasteiger charge is -2.07. The van der Waals surface area contributed by atoms with E-state index in [1.165, 1.54) is 6.20 Å². The maximum absolute atomic E-state index is 11.6. The first kappa shape index (κ1) is 17.0. The van der Waals surface area contributed by atoms with Gasteiger partial charge in [-0.2, -0.15) is 5.26 Å². The van der Waals surface area contributed by atoms with Crippen LogP contribution in [0, 0.1) is 17.2 Å². The van der Waals surface area contributed by atoms with Gasteiger partial charge in [0.05, 0.1) is 13.0 Å². The SMILES string of the molecule is CCOC(=O)CCN/C=C(/C#N)C(=O)NCC(C)C. The largest absolute Gasteiger partial charge is 0.466 e. The molecule has 0 aliphatic rings. The summed E-state index contributed by atoms with van der Waals surface area (Å²) in [5, 5.41) is 14.2. The highest BCUT2D eigenvalue weighted by Gasteiger charge is 2.08. The minimum Gasteiger partial charge on any atom is -0.466 e. The van der Waals surface area contributed by atoms with Gasteiger partial charge in [0.25, 0.3) is 5.91 Å². The van der Waals surface area contributed by atoms with Crippen LogP contribution in [0.1, 0.15) is 27.2 Å². The highest BCUT2D eigenvalue weighted by atomic mass is 16.5. The molecule has 0 atom stereocenters. The van der Waals surface area contributed by atoms with Crippen LogP contribution >= 0.6 is 0 Å². The fourth-order valence-electron chi connectivity index (χ4n) is 1.12. The number of carbonyl (C=O) groups is 2. The predicted octanol–water partition coefficient (Wildman–Crippen LogP) is 0.709. The Morgan fingerprint density at radius 3 is 2.63 bits per heavy atom. The topological polar surface area (TPSA) is 91.2 Å². The molecule has 0 aromatic rings. The van der Waals surface area contributed by atoms with Crippen LogP contribution in [0.3, 0.4) is 0 Å². The molecule has 6 heteroatoms. The van der Waals surface area contributed by atoms with Crippen LogP contribution in [0.5, 0.6) is 0 Å². The summed E-state index contributed by atoms with van der Waals surface area (Å²) in [5.41, 5.74) is -0.00971. The lowest BCUT2D eigenvalue weighted by molar-refractivity contribution is -0.142. The average Bonchev–Trinajstić information content (AvgIpc) is 2.36. The van der Waals surface area contributed by atoms with Crippen LogP contribution in [-0.4, -0.2) is 31.6 Å². The number of hydrogen-bond donors (Lipinski definition) is 2. The van der Waals surface area contributed by atoms with E-state index in [1.54, 1.807) is 6.92 Å². The number of carbonyl (C=O) groups excluding carboxylic acids is 2. The fourth-order valence-corrected chi connectivity index (χ4v) is 1.12. The van der Waals surface area contributed by atoms with E-state index < -0.39 is 5.91 Å². The second-order valence-electron chi connectivity index (χ2n) is 4.28. The van der Waals surface area contributed by atoms with E-state index in [1.807, 2.05) is 19.9 Å². The normalized spacial score (nSPS) is 10.8. The van der Waals surface area contributed by atoms with Crippen molar-refractivity contribution in [3.8, 4) is 6.07 Å². The molecular weight excluding hydrogens is 246 g/mol. The van der Waals surface area contributed by atoms with Crippen molar-refractivity contribution in [1.29, 1.82) is 5.26 Å². The highest BCUT2D eigenvalue weighted by Crippen LogP contribution is 1.93. The summed E-state index contributed by atoms with van der Waals surface area (Å²) >= 11 is 0. The zero-order valence-corrected chi connectivity index (χ0v) is 11.7. The van der Waals surface area contributed by atoms with Gasteiger partial charge in [0.1, 0.15) is 11.6 Å². The number of amides is 1. The Bertz CT molecular complexity index is 370. The fraction of sp³-hybridized carbons (Fsp3) is 0.615. The summed E-state index contributed by atoms with van der Waals surface area (Å²) in [5.74, 6) is -0.410. The Kier molecular flexibility index (Phi) is 8.88. The van der Waals surface area contributed by atoms with Crippen molar-refractivity contribution in [2.75, 3.05) is 19.7 Å². The van der Waals surface area contributed by atoms with Gasteiger partial charge in [0, 0.05) is 19.3 Å². The van der Waals surface area contributed by atoms with Gasteiger partial charge in [0.15, 0.2) is 0 Å². The summed E-state index contributed by atoms with van der Waals surface area (Å²) < 4.78 is 4.74. The van der Waals surface area contributed by atoms with Crippen molar-refractivity contribution in [1.82, 2.24) is 10.6 Å². The number of nitrogens with one attached hydrogen (secondary N) is 2. The third kappa shape index (κ3) is 8.66. The van der Waals surface area contributed by atoms with E-state index in [4.69, 9.17) is 10.00 Å². The number of hydrogen-bond acceptors (Lipinski definition) is 5. The minimum absolute atomic E-state index is 0.00971. The number of nitriles is 1. The molecule has 2 N–H and O–H groups in total. The molecule has 19 heavy (non-hydrogen) atoms. The molecule has 0 radical (unpaired) electrons. The Labute approximate surface area is 113 Å². The molecule has 0 rings (SSSR count). The number of rotatable bonds is 8. The molecule has 0 unspecified atom stereocenters. The Hall–Kier alpha value is -2.03. The third-order valence-electron chi connectivity index (χ3n) is 2.06. The summed E-state index contributed by atoms with van der Waals surface area (Å²) in [7, 11) is 0. The summed E-state index contributed by atoms with van der Waals surface area (Å²) in [6.07, 6.45) is 1.51. The van der Waals surface area contributed by atoms with Crippen molar-refractivity contribution in [2.24, 2.45) is 5.92 Å². The summed E-state index contributed by atoms with van der Waals surface area (Å²) in [4.78, 5) is 22.6. The standard InChI is InChI=1S/C13H21N3O3/c1-4-19-12(17)5-6-15-9-11(7-14)13(18)16-8-10(2)3/h9-10,15H,4-6,8H2,1-3H3,(H,16,18)/b11-9-. The molecule has 0 saturated carbocycles. The van der Waals surface area contributed by atoms with E-state index in [2.05, 4.69) is 10.6 Å². The second-order valence-corrected chi connectivity index (χ2v) is 4.28. The van der Waals surface area contributed by atoms with Crippen molar-refractivity contribution >= 4 is 11.9 Å². The smallest absolute Gasteiger partial charge is 0.307 e. The second kappa shape index (κ2) is 9.95. The lowest BCUT2D eigenvalue weighted by Crippen LogP contribution is -2.29. The molecule has 6 nitrogen and oxygen atoms in total. The molecule has 106 valence electrons. The lowest BCUT2D eigenvalue weighted by atomic mass is 10.2. The van der Waals surface area contributed by atoms with Crippen LogP contribution in [-0.2, 0) is 14.3 Å². The number of esters is 1. The van der Waals surface area contributed by atoms with E-state index in [0.29, 0.717) is 25.6 Å². The molecule has 0 fully saturated rings. The Morgan fingerprint density at radius 1 is 1.42 bits per heavy atom. The van der Waals surface area contributed by atoms with E-state index in [9.17, 15) is 9.59 Å². The van der Waals surface area contributed by atoms with Gasteiger partial charge in [-0.05, 0) is 12.8 Å². The van der Waals surface area contributed by atoms with Crippen LogP contribution in [0.25, 0.3) is 0 Å². The monoisotopic (exact) mass is 267 g/mol. The molecule has 1 amide bonds. The number of ether oxygens (including phenoxy) is 1. The van der Waals surface area contributed by atoms with Gasteiger partial charge in [-0.15, -0.1) is 0 Å². The molecular formula is C13H21N3O3. The van der Waals surface area contributed by atoms with Crippen LogP contribution in [0.4, 0.5) is 0 Å². The van der Waals surface area contributed by atoms with Gasteiger partial charge in [-0.25, -0.2) is 0 Å². The maximum Gasteiger partial charge on any atom is 0.307 e. The summed E-state index contributed by atoms with van der Waals surface area (Å²) in [6, 6.07) is 1.81. The molecule has 0 aromatic carbocycles. The maximum atomic E-state index is 11.6. The minimum atomic E-state index is -0.417. The molecule has 0 aromatic heterocycles. The first-order chi connectivity index (χ1) is 9.01. The van der Waals surface area contributed by atoms with Crippen molar-refractivity contribution in [3.63, 3.8) is 0 Å². The van der Waals surface area contributed by atoms with E-state index in [-0.39, 0.29) is 18.0 Å². The zero-order valence-electron chi connectivity index (χ0n) is 11.7. The molecule has 0 aliphatic heterocycles. The quantitative estimate of drug-likeness (QED) is 0.292. The summed E-state index contributed by atoms with van der Waals surface area (Å²) in [6.45, 7) is 6.84. The van der Waals surface area contributed by atoms with Crippen LogP contribution < -0.4 is 10.6 Å². The van der Waals surface area contributed by atoms with Crippen LogP contribution in [0.2, 0.25) is 0 Å². The molecule has 0 heterocycles. The van der Waals surface area contributed by atoms with Gasteiger partial charge in [0.2, 0.25) is 0 Å². The van der Waals surface area contributed by atoms with Crippen LogP contribution in [0.15, 0.2) is 11.8 Å². The number of nitrogens with zero attached hydrogens (tertiary/aromatic N) is 1. The first-order valence-electron chi connectivity index (χ1n) is 6.28.